The van der Waals surface area contributed by atoms with Crippen LogP contribution in [0.15, 0.2) is 0 Å². The van der Waals surface area contributed by atoms with Crippen LogP contribution in [0.1, 0.15) is 278 Å². The van der Waals surface area contributed by atoms with E-state index >= 15 is 0 Å². The zero-order valence-corrected chi connectivity index (χ0v) is 33.9. The van der Waals surface area contributed by atoms with Crippen molar-refractivity contribution in [3.05, 3.63) is 0 Å². The number of carbonyl (C=O) groups is 1. The van der Waals surface area contributed by atoms with E-state index in [1.54, 1.807) is 0 Å². The summed E-state index contributed by atoms with van der Waals surface area (Å²) >= 11 is 0. The van der Waals surface area contributed by atoms with Gasteiger partial charge in [0.15, 0.2) is 0 Å². The Morgan fingerprint density at radius 3 is 0.958 bits per heavy atom. The fourth-order valence-corrected chi connectivity index (χ4v) is 7.23. The van der Waals surface area contributed by atoms with Crippen molar-refractivity contribution in [3.63, 3.8) is 0 Å². The number of carbonyl (C=O) groups excluding carboxylic acids is 1. The van der Waals surface area contributed by atoms with Gasteiger partial charge in [0.1, 0.15) is 0 Å². The molecule has 0 spiro atoms. The van der Waals surface area contributed by atoms with Crippen molar-refractivity contribution in [2.75, 3.05) is 6.61 Å². The molecular formula is C46H92O2. The van der Waals surface area contributed by atoms with E-state index in [0.29, 0.717) is 13.0 Å². The highest BCUT2D eigenvalue weighted by molar-refractivity contribution is 5.69. The van der Waals surface area contributed by atoms with Crippen molar-refractivity contribution in [1.29, 1.82) is 0 Å². The normalized spacial score (nSPS) is 12.1. The van der Waals surface area contributed by atoms with E-state index in [0.717, 1.165) is 18.8 Å². The second kappa shape index (κ2) is 42.6. The number of hydrogen-bond acceptors (Lipinski definition) is 2. The molecule has 0 aromatic carbocycles. The Balaban J connectivity index is 3.12. The third-order valence-electron chi connectivity index (χ3n) is 11.0. The van der Waals surface area contributed by atoms with Gasteiger partial charge < -0.3 is 4.74 Å². The molecule has 0 aliphatic rings. The van der Waals surface area contributed by atoms with Gasteiger partial charge in [0, 0.05) is 6.42 Å². The molecule has 0 saturated heterocycles. The summed E-state index contributed by atoms with van der Waals surface area (Å²) in [4.78, 5) is 11.9. The molecule has 0 rings (SSSR count). The zero-order chi connectivity index (χ0) is 34.9. The molecule has 2 nitrogen and oxygen atoms in total. The average molecular weight is 677 g/mol. The van der Waals surface area contributed by atoms with Crippen LogP contribution in [-0.4, -0.2) is 12.6 Å². The topological polar surface area (TPSA) is 26.3 Å². The molecule has 0 radical (unpaired) electrons. The van der Waals surface area contributed by atoms with E-state index in [2.05, 4.69) is 20.8 Å². The molecule has 0 aliphatic carbocycles. The Morgan fingerprint density at radius 1 is 0.375 bits per heavy atom. The quantitative estimate of drug-likeness (QED) is 0.0475. The molecule has 0 amide bonds. The van der Waals surface area contributed by atoms with Gasteiger partial charge in [-0.05, 0) is 18.8 Å². The first kappa shape index (κ1) is 47.5. The predicted molar refractivity (Wildman–Crippen MR) is 216 cm³/mol. The third kappa shape index (κ3) is 41.6. The van der Waals surface area contributed by atoms with Crippen molar-refractivity contribution < 1.29 is 9.53 Å². The lowest BCUT2D eigenvalue weighted by atomic mass is 9.99. The molecule has 0 aromatic rings. The highest BCUT2D eigenvalue weighted by atomic mass is 16.5. The molecule has 1 unspecified atom stereocenters. The largest absolute Gasteiger partial charge is 0.466 e. The molecule has 0 N–H and O–H groups in total. The molecule has 0 aromatic heterocycles. The van der Waals surface area contributed by atoms with Gasteiger partial charge in [-0.25, -0.2) is 0 Å². The molecule has 0 fully saturated rings. The van der Waals surface area contributed by atoms with Gasteiger partial charge in [0.05, 0.1) is 6.61 Å². The average Bonchev–Trinajstić information content (AvgIpc) is 3.09. The van der Waals surface area contributed by atoms with Crippen molar-refractivity contribution >= 4 is 5.97 Å². The summed E-state index contributed by atoms with van der Waals surface area (Å²) in [7, 11) is 0. The Bertz CT molecular complexity index is 587. The summed E-state index contributed by atoms with van der Waals surface area (Å²) in [6, 6.07) is 0. The van der Waals surface area contributed by atoms with E-state index in [4.69, 9.17) is 4.74 Å². The fourth-order valence-electron chi connectivity index (χ4n) is 7.23. The first-order chi connectivity index (χ1) is 23.7. The van der Waals surface area contributed by atoms with Crippen LogP contribution in [0.2, 0.25) is 0 Å². The Morgan fingerprint density at radius 2 is 0.646 bits per heavy atom. The van der Waals surface area contributed by atoms with Crippen molar-refractivity contribution in [2.24, 2.45) is 5.92 Å². The van der Waals surface area contributed by atoms with Crippen LogP contribution in [0.3, 0.4) is 0 Å². The molecule has 48 heavy (non-hydrogen) atoms. The second-order valence-electron chi connectivity index (χ2n) is 16.0. The van der Waals surface area contributed by atoms with Crippen molar-refractivity contribution in [3.8, 4) is 0 Å². The molecular weight excluding hydrogens is 585 g/mol. The van der Waals surface area contributed by atoms with E-state index in [9.17, 15) is 4.79 Å². The van der Waals surface area contributed by atoms with Crippen LogP contribution >= 0.6 is 0 Å². The van der Waals surface area contributed by atoms with Crippen LogP contribution in [0.25, 0.3) is 0 Å². The molecule has 288 valence electrons. The number of hydrogen-bond donors (Lipinski definition) is 0. The fraction of sp³-hybridized carbons (Fsp3) is 0.978. The molecule has 0 heterocycles. The molecule has 0 aliphatic heterocycles. The lowest BCUT2D eigenvalue weighted by molar-refractivity contribution is -0.143. The zero-order valence-electron chi connectivity index (χ0n) is 33.9. The van der Waals surface area contributed by atoms with E-state index in [1.165, 1.54) is 238 Å². The number of ether oxygens (including phenoxy) is 1. The number of rotatable bonds is 42. The highest BCUT2D eigenvalue weighted by Gasteiger charge is 2.03. The van der Waals surface area contributed by atoms with Crippen LogP contribution in [0, 0.1) is 5.92 Å². The van der Waals surface area contributed by atoms with Crippen LogP contribution in [-0.2, 0) is 9.53 Å². The molecule has 0 saturated carbocycles. The van der Waals surface area contributed by atoms with Gasteiger partial charge in [-0.15, -0.1) is 0 Å². The van der Waals surface area contributed by atoms with Gasteiger partial charge in [-0.2, -0.15) is 0 Å². The Hall–Kier alpha value is -0.530. The van der Waals surface area contributed by atoms with Gasteiger partial charge in [0.2, 0.25) is 0 Å². The summed E-state index contributed by atoms with van der Waals surface area (Å²) in [6.07, 6.45) is 55.1. The van der Waals surface area contributed by atoms with E-state index < -0.39 is 0 Å². The lowest BCUT2D eigenvalue weighted by Crippen LogP contribution is -2.05. The van der Waals surface area contributed by atoms with Crippen LogP contribution in [0.5, 0.6) is 0 Å². The van der Waals surface area contributed by atoms with Crippen molar-refractivity contribution in [2.45, 2.75) is 278 Å². The standard InChI is InChI=1S/C46H92O2/c1-4-6-7-8-9-30-34-37-40-43-46(47)48-44-41-38-35-32-29-27-25-23-21-19-17-15-13-11-10-12-14-16-18-20-22-24-26-28-31-33-36-39-42-45(3)5-2/h45H,4-44H2,1-3H3. The summed E-state index contributed by atoms with van der Waals surface area (Å²) in [5.41, 5.74) is 0. The number of unbranched alkanes of at least 4 members (excludes halogenated alkanes) is 35. The van der Waals surface area contributed by atoms with Crippen molar-refractivity contribution in [1.82, 2.24) is 0 Å². The monoisotopic (exact) mass is 677 g/mol. The van der Waals surface area contributed by atoms with Gasteiger partial charge in [-0.1, -0.05) is 258 Å². The summed E-state index contributed by atoms with van der Waals surface area (Å²) in [6.45, 7) is 7.63. The summed E-state index contributed by atoms with van der Waals surface area (Å²) < 4.78 is 5.44. The first-order valence-corrected chi connectivity index (χ1v) is 22.9. The Kier molecular flexibility index (Phi) is 42.2. The highest BCUT2D eigenvalue weighted by Crippen LogP contribution is 2.18. The molecule has 0 bridgehead atoms. The third-order valence-corrected chi connectivity index (χ3v) is 11.0. The van der Waals surface area contributed by atoms with E-state index in [1.807, 2.05) is 0 Å². The summed E-state index contributed by atoms with van der Waals surface area (Å²) in [5, 5.41) is 0. The predicted octanol–water partition coefficient (Wildman–Crippen LogP) is 16.8. The summed E-state index contributed by atoms with van der Waals surface area (Å²) in [5.74, 6) is 0.966. The molecule has 2 heteroatoms. The second-order valence-corrected chi connectivity index (χ2v) is 16.0. The SMILES string of the molecule is CCCCCCCCCCCC(=O)OCCCCCCCCCCCCCCCCCCCCCCCCCCCCCCC(C)CC. The number of esters is 1. The van der Waals surface area contributed by atoms with E-state index in [-0.39, 0.29) is 5.97 Å². The minimum absolute atomic E-state index is 0.0263. The smallest absolute Gasteiger partial charge is 0.305 e. The maximum absolute atomic E-state index is 11.9. The maximum atomic E-state index is 11.9. The molecule has 1 atom stereocenters. The first-order valence-electron chi connectivity index (χ1n) is 22.9. The van der Waals surface area contributed by atoms with Crippen LogP contribution in [0.4, 0.5) is 0 Å². The minimum atomic E-state index is 0.0263. The van der Waals surface area contributed by atoms with Gasteiger partial charge in [0.25, 0.3) is 0 Å². The minimum Gasteiger partial charge on any atom is -0.466 e. The van der Waals surface area contributed by atoms with Gasteiger partial charge in [-0.3, -0.25) is 4.79 Å². The van der Waals surface area contributed by atoms with Crippen LogP contribution < -0.4 is 0 Å². The van der Waals surface area contributed by atoms with Gasteiger partial charge >= 0.3 is 5.97 Å². The lowest BCUT2D eigenvalue weighted by Gasteiger charge is -2.07. The Labute approximate surface area is 304 Å². The maximum Gasteiger partial charge on any atom is 0.305 e.